The van der Waals surface area contributed by atoms with Gasteiger partial charge in [-0.05, 0) is 36.6 Å². The van der Waals surface area contributed by atoms with Crippen LogP contribution >= 0.6 is 11.6 Å². The smallest absolute Gasteiger partial charge is 0.256 e. The van der Waals surface area contributed by atoms with Gasteiger partial charge < -0.3 is 10.2 Å². The van der Waals surface area contributed by atoms with Gasteiger partial charge in [-0.1, -0.05) is 41.9 Å². The van der Waals surface area contributed by atoms with Crippen LogP contribution in [0.1, 0.15) is 28.8 Å². The lowest BCUT2D eigenvalue weighted by molar-refractivity contribution is -0.126. The molecule has 4 nitrogen and oxygen atoms in total. The fourth-order valence-electron chi connectivity index (χ4n) is 3.12. The number of piperidine rings is 1. The van der Waals surface area contributed by atoms with Crippen molar-refractivity contribution in [3.8, 4) is 0 Å². The maximum absolute atomic E-state index is 13.8. The number of hydrogen-bond donors (Lipinski definition) is 1. The van der Waals surface area contributed by atoms with E-state index in [9.17, 15) is 14.0 Å². The first-order valence-corrected chi connectivity index (χ1v) is 8.99. The number of amides is 2. The standard InChI is InChI=1S/C20H20ClFN2O2/c21-17-7-3-1-5-15(17)13-23-19(25)14-9-11-24(12-10-14)20(26)16-6-2-4-8-18(16)22/h1-8,14H,9-13H2,(H,23,25). The zero-order valence-electron chi connectivity index (χ0n) is 14.3. The van der Waals surface area contributed by atoms with Crippen LogP contribution in [0.3, 0.4) is 0 Å². The van der Waals surface area contributed by atoms with Crippen molar-refractivity contribution in [2.45, 2.75) is 19.4 Å². The molecule has 0 spiro atoms. The topological polar surface area (TPSA) is 49.4 Å². The molecule has 0 aliphatic carbocycles. The Hall–Kier alpha value is -2.40. The minimum atomic E-state index is -0.517. The fraction of sp³-hybridized carbons (Fsp3) is 0.300. The van der Waals surface area contributed by atoms with Gasteiger partial charge in [-0.3, -0.25) is 9.59 Å². The van der Waals surface area contributed by atoms with E-state index < -0.39 is 5.82 Å². The summed E-state index contributed by atoms with van der Waals surface area (Å²) in [5, 5.41) is 3.53. The normalized spacial score (nSPS) is 14.9. The van der Waals surface area contributed by atoms with Crippen molar-refractivity contribution >= 4 is 23.4 Å². The second kappa shape index (κ2) is 8.32. The summed E-state index contributed by atoms with van der Waals surface area (Å²) in [6.45, 7) is 1.27. The molecule has 1 fully saturated rings. The molecule has 0 bridgehead atoms. The molecule has 0 unspecified atom stereocenters. The predicted molar refractivity (Wildman–Crippen MR) is 98.3 cm³/mol. The number of halogens is 2. The first kappa shape index (κ1) is 18.4. The summed E-state index contributed by atoms with van der Waals surface area (Å²) in [4.78, 5) is 26.4. The summed E-state index contributed by atoms with van der Waals surface area (Å²) in [5.41, 5.74) is 0.948. The average molecular weight is 375 g/mol. The van der Waals surface area contributed by atoms with Gasteiger partial charge in [-0.25, -0.2) is 4.39 Å². The Kier molecular flexibility index (Phi) is 5.89. The number of carbonyl (C=O) groups excluding carboxylic acids is 2. The molecule has 1 N–H and O–H groups in total. The third-order valence-corrected chi connectivity index (χ3v) is 5.04. The van der Waals surface area contributed by atoms with E-state index in [0.717, 1.165) is 5.56 Å². The van der Waals surface area contributed by atoms with E-state index in [1.54, 1.807) is 23.1 Å². The van der Waals surface area contributed by atoms with E-state index in [-0.39, 0.29) is 23.3 Å². The van der Waals surface area contributed by atoms with E-state index in [0.29, 0.717) is 37.5 Å². The predicted octanol–water partition coefficient (Wildman–Crippen LogP) is 3.65. The molecule has 6 heteroatoms. The molecule has 26 heavy (non-hydrogen) atoms. The van der Waals surface area contributed by atoms with Crippen LogP contribution in [0, 0.1) is 11.7 Å². The largest absolute Gasteiger partial charge is 0.352 e. The van der Waals surface area contributed by atoms with E-state index in [4.69, 9.17) is 11.6 Å². The van der Waals surface area contributed by atoms with Crippen molar-refractivity contribution in [2.24, 2.45) is 5.92 Å². The van der Waals surface area contributed by atoms with Gasteiger partial charge in [-0.15, -0.1) is 0 Å². The lowest BCUT2D eigenvalue weighted by atomic mass is 9.95. The zero-order chi connectivity index (χ0) is 18.5. The van der Waals surface area contributed by atoms with Crippen LogP contribution in [0.5, 0.6) is 0 Å². The molecule has 3 rings (SSSR count). The van der Waals surface area contributed by atoms with Crippen molar-refractivity contribution in [2.75, 3.05) is 13.1 Å². The molecule has 1 heterocycles. The molecule has 0 radical (unpaired) electrons. The quantitative estimate of drug-likeness (QED) is 0.888. The lowest BCUT2D eigenvalue weighted by Gasteiger charge is -2.31. The minimum absolute atomic E-state index is 0.0390. The molecule has 2 amide bonds. The van der Waals surface area contributed by atoms with Crippen molar-refractivity contribution in [1.29, 1.82) is 0 Å². The van der Waals surface area contributed by atoms with Crippen molar-refractivity contribution in [3.05, 3.63) is 70.5 Å². The summed E-state index contributed by atoms with van der Waals surface area (Å²) < 4.78 is 13.8. The lowest BCUT2D eigenvalue weighted by Crippen LogP contribution is -2.43. The first-order chi connectivity index (χ1) is 12.6. The van der Waals surface area contributed by atoms with Gasteiger partial charge in [0.1, 0.15) is 5.82 Å². The maximum Gasteiger partial charge on any atom is 0.256 e. The van der Waals surface area contributed by atoms with Gasteiger partial charge in [0.05, 0.1) is 5.56 Å². The number of nitrogens with zero attached hydrogens (tertiary/aromatic N) is 1. The highest BCUT2D eigenvalue weighted by Gasteiger charge is 2.28. The van der Waals surface area contributed by atoms with Crippen molar-refractivity contribution in [1.82, 2.24) is 10.2 Å². The van der Waals surface area contributed by atoms with Crippen LogP contribution in [0.4, 0.5) is 4.39 Å². The number of likely N-dealkylation sites (tertiary alicyclic amines) is 1. The summed E-state index contributed by atoms with van der Waals surface area (Å²) >= 11 is 6.09. The second-order valence-corrected chi connectivity index (χ2v) is 6.76. The van der Waals surface area contributed by atoms with Crippen LogP contribution in [-0.4, -0.2) is 29.8 Å². The van der Waals surface area contributed by atoms with Gasteiger partial charge in [0, 0.05) is 30.6 Å². The SMILES string of the molecule is O=C(NCc1ccccc1Cl)C1CCN(C(=O)c2ccccc2F)CC1. The Morgan fingerprint density at radius 2 is 1.73 bits per heavy atom. The minimum Gasteiger partial charge on any atom is -0.352 e. The number of rotatable bonds is 4. The molecule has 0 aromatic heterocycles. The maximum atomic E-state index is 13.8. The zero-order valence-corrected chi connectivity index (χ0v) is 15.0. The molecule has 2 aromatic rings. The number of carbonyl (C=O) groups is 2. The van der Waals surface area contributed by atoms with Gasteiger partial charge >= 0.3 is 0 Å². The number of nitrogens with one attached hydrogen (secondary N) is 1. The average Bonchev–Trinajstić information content (AvgIpc) is 2.67. The second-order valence-electron chi connectivity index (χ2n) is 6.36. The molecule has 1 aliphatic heterocycles. The molecule has 136 valence electrons. The molecular weight excluding hydrogens is 355 g/mol. The van der Waals surface area contributed by atoms with Gasteiger partial charge in [0.25, 0.3) is 5.91 Å². The molecule has 0 saturated carbocycles. The van der Waals surface area contributed by atoms with E-state index in [1.807, 2.05) is 18.2 Å². The summed E-state index contributed by atoms with van der Waals surface area (Å²) in [5.74, 6) is -1.03. The third kappa shape index (κ3) is 4.22. The molecule has 2 aromatic carbocycles. The van der Waals surface area contributed by atoms with Crippen molar-refractivity contribution < 1.29 is 14.0 Å². The highest BCUT2D eigenvalue weighted by Crippen LogP contribution is 2.21. The number of benzene rings is 2. The summed E-state index contributed by atoms with van der Waals surface area (Å²) in [7, 11) is 0. The highest BCUT2D eigenvalue weighted by molar-refractivity contribution is 6.31. The fourth-order valence-corrected chi connectivity index (χ4v) is 3.32. The van der Waals surface area contributed by atoms with Gasteiger partial charge in [0.15, 0.2) is 0 Å². The molecule has 1 saturated heterocycles. The summed E-state index contributed by atoms with van der Waals surface area (Å²) in [6, 6.07) is 13.3. The first-order valence-electron chi connectivity index (χ1n) is 8.61. The highest BCUT2D eigenvalue weighted by atomic mass is 35.5. The molecule has 0 atom stereocenters. The van der Waals surface area contributed by atoms with Crippen molar-refractivity contribution in [3.63, 3.8) is 0 Å². The third-order valence-electron chi connectivity index (χ3n) is 4.67. The van der Waals surface area contributed by atoms with Crippen LogP contribution < -0.4 is 5.32 Å². The van der Waals surface area contributed by atoms with Crippen LogP contribution in [0.25, 0.3) is 0 Å². The molecular formula is C20H20ClFN2O2. The monoisotopic (exact) mass is 374 g/mol. The Labute approximate surface area is 157 Å². The Morgan fingerprint density at radius 3 is 2.42 bits per heavy atom. The van der Waals surface area contributed by atoms with Crippen LogP contribution in [0.2, 0.25) is 5.02 Å². The Balaban J connectivity index is 1.52. The Morgan fingerprint density at radius 1 is 1.08 bits per heavy atom. The van der Waals surface area contributed by atoms with E-state index in [1.165, 1.54) is 12.1 Å². The Bertz CT molecular complexity index is 804. The van der Waals surface area contributed by atoms with E-state index >= 15 is 0 Å². The van der Waals surface area contributed by atoms with Crippen LogP contribution in [-0.2, 0) is 11.3 Å². The van der Waals surface area contributed by atoms with Crippen LogP contribution in [0.15, 0.2) is 48.5 Å². The van der Waals surface area contributed by atoms with Gasteiger partial charge in [-0.2, -0.15) is 0 Å². The molecule has 1 aliphatic rings. The summed E-state index contributed by atoms with van der Waals surface area (Å²) in [6.07, 6.45) is 1.13. The van der Waals surface area contributed by atoms with E-state index in [2.05, 4.69) is 5.32 Å². The number of hydrogen-bond acceptors (Lipinski definition) is 2. The van der Waals surface area contributed by atoms with Gasteiger partial charge in [0.2, 0.25) is 5.91 Å².